The molecule has 0 bridgehead atoms. The van der Waals surface area contributed by atoms with E-state index in [0.29, 0.717) is 23.6 Å². The monoisotopic (exact) mass is 569 g/mol. The van der Waals surface area contributed by atoms with E-state index in [4.69, 9.17) is 0 Å². The lowest BCUT2D eigenvalue weighted by Crippen LogP contribution is -2.12. The summed E-state index contributed by atoms with van der Waals surface area (Å²) in [4.78, 5) is 23.6. The molecule has 0 aliphatic rings. The van der Waals surface area contributed by atoms with Crippen molar-refractivity contribution < 1.29 is 0 Å². The second kappa shape index (κ2) is 10.8. The smallest absolute Gasteiger partial charge is 0.234 e. The first kappa shape index (κ1) is 23.2. The molecule has 3 aromatic heterocycles. The average molecular weight is 569 g/mol. The van der Waals surface area contributed by atoms with E-state index in [1.807, 2.05) is 42.6 Å². The maximum absolute atomic E-state index is 4.62. The van der Waals surface area contributed by atoms with Gasteiger partial charge in [-0.1, -0.05) is 32.1 Å². The van der Waals surface area contributed by atoms with Gasteiger partial charge in [-0.05, 0) is 76.9 Å². The minimum Gasteiger partial charge on any atom is -0.348 e. The highest BCUT2D eigenvalue weighted by atomic mass is 127. The summed E-state index contributed by atoms with van der Waals surface area (Å²) in [5.41, 5.74) is 2.18. The zero-order valence-electron chi connectivity index (χ0n) is 18.5. The van der Waals surface area contributed by atoms with Crippen molar-refractivity contribution in [2.75, 3.05) is 10.6 Å². The predicted octanol–water partition coefficient (Wildman–Crippen LogP) is 6.54. The van der Waals surface area contributed by atoms with E-state index in [0.717, 1.165) is 16.3 Å². The number of aromatic nitrogens is 5. The van der Waals surface area contributed by atoms with Gasteiger partial charge in [-0.2, -0.15) is 15.0 Å². The Hall–Kier alpha value is -2.92. The SMILES string of the molecule is CC(C)c1cnc(Nc2nc(/C=C/c3cccc(I)c3)nc(NC(C)c3ccncc3)n2)s1. The van der Waals surface area contributed by atoms with Gasteiger partial charge in [0.2, 0.25) is 11.9 Å². The van der Waals surface area contributed by atoms with Crippen LogP contribution < -0.4 is 10.6 Å². The Labute approximate surface area is 211 Å². The number of hydrogen-bond acceptors (Lipinski definition) is 8. The van der Waals surface area contributed by atoms with E-state index in [9.17, 15) is 0 Å². The van der Waals surface area contributed by atoms with Crippen LogP contribution in [0.1, 0.15) is 54.6 Å². The molecule has 7 nitrogen and oxygen atoms in total. The molecule has 0 aliphatic carbocycles. The van der Waals surface area contributed by atoms with Crippen molar-refractivity contribution in [3.05, 3.63) is 80.4 Å². The first-order chi connectivity index (χ1) is 16.0. The molecular formula is C24H24IN7S. The molecule has 33 heavy (non-hydrogen) atoms. The molecule has 0 radical (unpaired) electrons. The van der Waals surface area contributed by atoms with Gasteiger partial charge in [0.05, 0.1) is 6.04 Å². The molecule has 0 spiro atoms. The molecule has 1 atom stereocenters. The number of pyridine rings is 1. The molecular weight excluding hydrogens is 545 g/mol. The van der Waals surface area contributed by atoms with E-state index >= 15 is 0 Å². The second-order valence-electron chi connectivity index (χ2n) is 7.72. The highest BCUT2D eigenvalue weighted by Crippen LogP contribution is 2.27. The van der Waals surface area contributed by atoms with E-state index < -0.39 is 0 Å². The van der Waals surface area contributed by atoms with Gasteiger partial charge >= 0.3 is 0 Å². The van der Waals surface area contributed by atoms with Crippen LogP contribution in [0.25, 0.3) is 12.2 Å². The minimum atomic E-state index is 0.00295. The topological polar surface area (TPSA) is 88.5 Å². The lowest BCUT2D eigenvalue weighted by molar-refractivity contribution is 0.850. The fraction of sp³-hybridized carbons (Fsp3) is 0.208. The zero-order valence-corrected chi connectivity index (χ0v) is 21.5. The Balaban J connectivity index is 1.62. The van der Waals surface area contributed by atoms with Gasteiger partial charge in [0.25, 0.3) is 0 Å². The number of nitrogens with one attached hydrogen (secondary N) is 2. The summed E-state index contributed by atoms with van der Waals surface area (Å²) in [5, 5.41) is 7.37. The molecule has 0 fully saturated rings. The Morgan fingerprint density at radius 2 is 1.76 bits per heavy atom. The summed E-state index contributed by atoms with van der Waals surface area (Å²) < 4.78 is 1.17. The number of halogens is 1. The van der Waals surface area contributed by atoms with Crippen LogP contribution in [0.2, 0.25) is 0 Å². The molecule has 1 aromatic carbocycles. The molecule has 4 rings (SSSR count). The lowest BCUT2D eigenvalue weighted by Gasteiger charge is -2.14. The number of rotatable bonds is 8. The maximum atomic E-state index is 4.62. The minimum absolute atomic E-state index is 0.00295. The third-order valence-electron chi connectivity index (χ3n) is 4.79. The maximum Gasteiger partial charge on any atom is 0.234 e. The number of hydrogen-bond donors (Lipinski definition) is 2. The van der Waals surface area contributed by atoms with Crippen LogP contribution >= 0.6 is 33.9 Å². The molecule has 0 saturated heterocycles. The van der Waals surface area contributed by atoms with Crippen LogP contribution in [-0.4, -0.2) is 24.9 Å². The van der Waals surface area contributed by atoms with Crippen LogP contribution in [-0.2, 0) is 0 Å². The molecule has 0 aliphatic heterocycles. The molecule has 9 heteroatoms. The van der Waals surface area contributed by atoms with Gasteiger partial charge in [-0.3, -0.25) is 10.3 Å². The summed E-state index contributed by atoms with van der Waals surface area (Å²) in [6, 6.07) is 12.2. The molecule has 0 amide bonds. The summed E-state index contributed by atoms with van der Waals surface area (Å²) in [7, 11) is 0. The summed E-state index contributed by atoms with van der Waals surface area (Å²) in [5.74, 6) is 1.90. The van der Waals surface area contributed by atoms with Crippen LogP contribution in [0.5, 0.6) is 0 Å². The van der Waals surface area contributed by atoms with Crippen LogP contribution in [0.3, 0.4) is 0 Å². The van der Waals surface area contributed by atoms with Crippen molar-refractivity contribution in [1.82, 2.24) is 24.9 Å². The standard InChI is InChI=1S/C24H24IN7S/c1-15(2)20-14-27-24(33-20)32-23-30-21(8-7-17-5-4-6-19(25)13-17)29-22(31-23)28-16(3)18-9-11-26-12-10-18/h4-16H,1-3H3,(H2,27,28,29,30,31,32)/b8-7+. The predicted molar refractivity (Wildman–Crippen MR) is 144 cm³/mol. The number of nitrogens with zero attached hydrogens (tertiary/aromatic N) is 5. The third kappa shape index (κ3) is 6.55. The molecule has 1 unspecified atom stereocenters. The summed E-state index contributed by atoms with van der Waals surface area (Å²) in [6.07, 6.45) is 9.33. The first-order valence-electron chi connectivity index (χ1n) is 10.5. The zero-order chi connectivity index (χ0) is 23.2. The highest BCUT2D eigenvalue weighted by Gasteiger charge is 2.12. The normalized spacial score (nSPS) is 12.3. The van der Waals surface area contributed by atoms with Crippen molar-refractivity contribution in [2.24, 2.45) is 0 Å². The van der Waals surface area contributed by atoms with Crippen molar-refractivity contribution in [3.8, 4) is 0 Å². The summed E-state index contributed by atoms with van der Waals surface area (Å²) in [6.45, 7) is 6.36. The fourth-order valence-corrected chi connectivity index (χ4v) is 4.38. The Morgan fingerprint density at radius 1 is 0.970 bits per heavy atom. The summed E-state index contributed by atoms with van der Waals surface area (Å²) >= 11 is 3.90. The Kier molecular flexibility index (Phi) is 7.61. The van der Waals surface area contributed by atoms with Gasteiger partial charge in [0.15, 0.2) is 11.0 Å². The third-order valence-corrected chi connectivity index (χ3v) is 6.67. The average Bonchev–Trinajstić information content (AvgIpc) is 3.27. The van der Waals surface area contributed by atoms with Crippen LogP contribution in [0, 0.1) is 3.57 Å². The molecule has 2 N–H and O–H groups in total. The van der Waals surface area contributed by atoms with Crippen molar-refractivity contribution >= 4 is 63.1 Å². The van der Waals surface area contributed by atoms with Gasteiger partial charge in [-0.25, -0.2) is 4.98 Å². The lowest BCUT2D eigenvalue weighted by atomic mass is 10.1. The van der Waals surface area contributed by atoms with Crippen LogP contribution in [0.15, 0.2) is 55.0 Å². The first-order valence-corrected chi connectivity index (χ1v) is 12.4. The van der Waals surface area contributed by atoms with E-state index in [1.165, 1.54) is 8.45 Å². The second-order valence-corrected chi connectivity index (χ2v) is 10.0. The molecule has 0 saturated carbocycles. The van der Waals surface area contributed by atoms with Crippen molar-refractivity contribution in [3.63, 3.8) is 0 Å². The number of anilines is 3. The van der Waals surface area contributed by atoms with Gasteiger partial charge in [0, 0.05) is 27.0 Å². The van der Waals surface area contributed by atoms with Crippen LogP contribution in [0.4, 0.5) is 17.0 Å². The molecule has 4 aromatic rings. The van der Waals surface area contributed by atoms with Gasteiger partial charge in [-0.15, -0.1) is 11.3 Å². The number of benzene rings is 1. The molecule has 3 heterocycles. The quantitative estimate of drug-likeness (QED) is 0.233. The van der Waals surface area contributed by atoms with Crippen molar-refractivity contribution in [1.29, 1.82) is 0 Å². The largest absolute Gasteiger partial charge is 0.348 e. The van der Waals surface area contributed by atoms with Gasteiger partial charge in [0.1, 0.15) is 0 Å². The molecule has 168 valence electrons. The number of thiazole rings is 1. The highest BCUT2D eigenvalue weighted by molar-refractivity contribution is 14.1. The van der Waals surface area contributed by atoms with E-state index in [2.05, 4.69) is 91.0 Å². The fourth-order valence-electron chi connectivity index (χ4n) is 3.00. The van der Waals surface area contributed by atoms with E-state index in [1.54, 1.807) is 23.7 Å². The van der Waals surface area contributed by atoms with Gasteiger partial charge < -0.3 is 5.32 Å². The van der Waals surface area contributed by atoms with E-state index in [-0.39, 0.29) is 6.04 Å². The van der Waals surface area contributed by atoms with Crippen molar-refractivity contribution in [2.45, 2.75) is 32.7 Å². The Morgan fingerprint density at radius 3 is 2.48 bits per heavy atom. The Bertz CT molecular complexity index is 1240.